The van der Waals surface area contributed by atoms with Crippen molar-refractivity contribution in [3.05, 3.63) is 71.5 Å². The maximum atomic E-state index is 4.74. The minimum absolute atomic E-state index is 0.989. The van der Waals surface area contributed by atoms with Crippen LogP contribution in [0.5, 0.6) is 0 Å². The Balaban J connectivity index is 1.93. The first-order chi connectivity index (χ1) is 10.3. The van der Waals surface area contributed by atoms with E-state index in [4.69, 9.17) is 4.98 Å². The van der Waals surface area contributed by atoms with E-state index >= 15 is 0 Å². The number of fused-ring (bicyclic) bond motifs is 3. The van der Waals surface area contributed by atoms with Gasteiger partial charge in [0.15, 0.2) is 6.20 Å². The van der Waals surface area contributed by atoms with Gasteiger partial charge in [-0.3, -0.25) is 0 Å². The number of aromatic nitrogens is 2. The molecule has 0 atom stereocenters. The van der Waals surface area contributed by atoms with E-state index in [1.807, 2.05) is 6.20 Å². The molecule has 0 fully saturated rings. The van der Waals surface area contributed by atoms with Crippen LogP contribution in [0.25, 0.3) is 22.5 Å². The highest BCUT2D eigenvalue weighted by Crippen LogP contribution is 2.34. The van der Waals surface area contributed by atoms with Gasteiger partial charge in [0.05, 0.1) is 18.2 Å². The van der Waals surface area contributed by atoms with E-state index in [9.17, 15) is 0 Å². The van der Waals surface area contributed by atoms with E-state index in [0.29, 0.717) is 0 Å². The first kappa shape index (κ1) is 12.3. The van der Waals surface area contributed by atoms with Crippen LogP contribution in [0.15, 0.2) is 54.7 Å². The number of rotatable bonds is 1. The Bertz CT molecular complexity index is 850. The fraction of sp³-hybridized carbons (Fsp3) is 0.158. The zero-order chi connectivity index (χ0) is 14.4. The minimum Gasteiger partial charge on any atom is -0.229 e. The van der Waals surface area contributed by atoms with Crippen molar-refractivity contribution < 1.29 is 4.57 Å². The highest BCUT2D eigenvalue weighted by atomic mass is 15.0. The van der Waals surface area contributed by atoms with Crippen molar-refractivity contribution in [2.45, 2.75) is 13.3 Å². The SMILES string of the molecule is Cc1ccccc1-c1ncc2c([n+]1C)Cc1ccccc1-2. The summed E-state index contributed by atoms with van der Waals surface area (Å²) in [5.74, 6) is 1.04. The molecule has 0 saturated carbocycles. The first-order valence-electron chi connectivity index (χ1n) is 7.28. The van der Waals surface area contributed by atoms with Crippen molar-refractivity contribution in [3.8, 4) is 22.5 Å². The van der Waals surface area contributed by atoms with Gasteiger partial charge in [0.2, 0.25) is 0 Å². The van der Waals surface area contributed by atoms with Gasteiger partial charge in [-0.15, -0.1) is 0 Å². The van der Waals surface area contributed by atoms with Crippen molar-refractivity contribution in [1.82, 2.24) is 4.98 Å². The maximum absolute atomic E-state index is 4.74. The topological polar surface area (TPSA) is 16.8 Å². The average Bonchev–Trinajstić information content (AvgIpc) is 2.89. The van der Waals surface area contributed by atoms with Crippen LogP contribution in [0.2, 0.25) is 0 Å². The third-order valence-electron chi connectivity index (χ3n) is 4.40. The van der Waals surface area contributed by atoms with E-state index in [1.54, 1.807) is 0 Å². The normalized spacial score (nSPS) is 12.1. The first-order valence-corrected chi connectivity index (χ1v) is 7.28. The molecule has 0 amide bonds. The second-order valence-electron chi connectivity index (χ2n) is 5.65. The minimum atomic E-state index is 0.989. The summed E-state index contributed by atoms with van der Waals surface area (Å²) in [7, 11) is 2.12. The summed E-state index contributed by atoms with van der Waals surface area (Å²) in [6.45, 7) is 2.14. The Morgan fingerprint density at radius 1 is 0.905 bits per heavy atom. The van der Waals surface area contributed by atoms with Gasteiger partial charge >= 0.3 is 5.82 Å². The molecule has 0 radical (unpaired) electrons. The molecular formula is C19H17N2+. The van der Waals surface area contributed by atoms with Gasteiger partial charge in [0, 0.05) is 6.42 Å². The Morgan fingerprint density at radius 2 is 1.62 bits per heavy atom. The van der Waals surface area contributed by atoms with Gasteiger partial charge in [0.25, 0.3) is 0 Å². The maximum Gasteiger partial charge on any atom is 0.330 e. The fourth-order valence-corrected chi connectivity index (χ4v) is 3.23. The predicted octanol–water partition coefficient (Wildman–Crippen LogP) is 3.45. The Kier molecular flexibility index (Phi) is 2.64. The summed E-state index contributed by atoms with van der Waals surface area (Å²) >= 11 is 0. The molecule has 1 aromatic heterocycles. The second-order valence-corrected chi connectivity index (χ2v) is 5.65. The van der Waals surface area contributed by atoms with Crippen LogP contribution in [-0.4, -0.2) is 4.98 Å². The number of aryl methyl sites for hydroxylation is 1. The summed E-state index contributed by atoms with van der Waals surface area (Å²) in [5, 5.41) is 0. The molecule has 0 bridgehead atoms. The van der Waals surface area contributed by atoms with Gasteiger partial charge in [0.1, 0.15) is 5.69 Å². The van der Waals surface area contributed by atoms with Crippen LogP contribution in [-0.2, 0) is 13.5 Å². The molecule has 0 spiro atoms. The Morgan fingerprint density at radius 3 is 2.43 bits per heavy atom. The largest absolute Gasteiger partial charge is 0.330 e. The molecule has 2 aromatic carbocycles. The summed E-state index contributed by atoms with van der Waals surface area (Å²) in [6.07, 6.45) is 3.02. The van der Waals surface area contributed by atoms with E-state index in [-0.39, 0.29) is 0 Å². The number of nitrogens with zero attached hydrogens (tertiary/aromatic N) is 2. The molecule has 21 heavy (non-hydrogen) atoms. The zero-order valence-electron chi connectivity index (χ0n) is 12.3. The lowest BCUT2D eigenvalue weighted by molar-refractivity contribution is -0.669. The molecule has 4 rings (SSSR count). The molecule has 1 aliphatic carbocycles. The smallest absolute Gasteiger partial charge is 0.229 e. The van der Waals surface area contributed by atoms with Crippen LogP contribution in [0.4, 0.5) is 0 Å². The summed E-state index contributed by atoms with van der Waals surface area (Å²) in [4.78, 5) is 4.74. The van der Waals surface area contributed by atoms with Crippen molar-refractivity contribution in [2.75, 3.05) is 0 Å². The van der Waals surface area contributed by atoms with Crippen LogP contribution in [0.1, 0.15) is 16.8 Å². The molecule has 0 unspecified atom stereocenters. The lowest BCUT2D eigenvalue weighted by Gasteiger charge is -2.06. The molecule has 0 aliphatic heterocycles. The number of benzene rings is 2. The van der Waals surface area contributed by atoms with E-state index in [2.05, 4.69) is 67.1 Å². The molecule has 2 heteroatoms. The molecule has 2 nitrogen and oxygen atoms in total. The van der Waals surface area contributed by atoms with Crippen LogP contribution < -0.4 is 4.57 Å². The lowest BCUT2D eigenvalue weighted by atomic mass is 10.1. The highest BCUT2D eigenvalue weighted by molar-refractivity contribution is 5.74. The molecule has 1 heterocycles. The third kappa shape index (κ3) is 1.79. The zero-order valence-corrected chi connectivity index (χ0v) is 12.3. The van der Waals surface area contributed by atoms with Gasteiger partial charge in [-0.1, -0.05) is 42.5 Å². The van der Waals surface area contributed by atoms with E-state index in [0.717, 1.165) is 12.2 Å². The van der Waals surface area contributed by atoms with Crippen LogP contribution in [0, 0.1) is 6.92 Å². The van der Waals surface area contributed by atoms with Gasteiger partial charge in [-0.05, 0) is 34.7 Å². The summed E-state index contributed by atoms with van der Waals surface area (Å²) < 4.78 is 2.25. The molecule has 0 N–H and O–H groups in total. The highest BCUT2D eigenvalue weighted by Gasteiger charge is 2.28. The van der Waals surface area contributed by atoms with Crippen LogP contribution >= 0.6 is 0 Å². The lowest BCUT2D eigenvalue weighted by Crippen LogP contribution is -2.37. The summed E-state index contributed by atoms with van der Waals surface area (Å²) in [5.41, 5.74) is 7.81. The standard InChI is InChI=1S/C19H17N2/c1-13-7-3-5-9-15(13)19-20-12-17-16-10-6-4-8-14(16)11-18(17)21(19)2/h3-10,12H,11H2,1-2H3/q+1. The van der Waals surface area contributed by atoms with Crippen molar-refractivity contribution >= 4 is 0 Å². The van der Waals surface area contributed by atoms with Crippen molar-refractivity contribution in [3.63, 3.8) is 0 Å². The van der Waals surface area contributed by atoms with Crippen molar-refractivity contribution in [1.29, 1.82) is 0 Å². The molecule has 3 aromatic rings. The third-order valence-corrected chi connectivity index (χ3v) is 4.40. The van der Waals surface area contributed by atoms with Gasteiger partial charge < -0.3 is 0 Å². The summed E-state index contributed by atoms with van der Waals surface area (Å²) in [6, 6.07) is 17.0. The molecule has 0 saturated heterocycles. The van der Waals surface area contributed by atoms with Gasteiger partial charge in [-0.2, -0.15) is 0 Å². The predicted molar refractivity (Wildman–Crippen MR) is 83.8 cm³/mol. The van der Waals surface area contributed by atoms with Crippen LogP contribution in [0.3, 0.4) is 0 Å². The average molecular weight is 273 g/mol. The van der Waals surface area contributed by atoms with Crippen molar-refractivity contribution in [2.24, 2.45) is 7.05 Å². The Labute approximate surface area is 124 Å². The number of hydrogen-bond acceptors (Lipinski definition) is 1. The molecule has 102 valence electrons. The Hall–Kier alpha value is -2.48. The van der Waals surface area contributed by atoms with Gasteiger partial charge in [-0.25, -0.2) is 4.57 Å². The second kappa shape index (κ2) is 4.52. The fourth-order valence-electron chi connectivity index (χ4n) is 3.23. The molecular weight excluding hydrogens is 256 g/mol. The van der Waals surface area contributed by atoms with E-state index in [1.165, 1.54) is 33.5 Å². The number of hydrogen-bond donors (Lipinski definition) is 0. The quantitative estimate of drug-likeness (QED) is 0.485. The monoisotopic (exact) mass is 273 g/mol. The molecule has 1 aliphatic rings. The van der Waals surface area contributed by atoms with E-state index < -0.39 is 0 Å².